The average Bonchev–Trinajstić information content (AvgIpc) is 2.84. The van der Waals surface area contributed by atoms with E-state index in [4.69, 9.17) is 10.5 Å². The molecular weight excluding hydrogens is 276 g/mol. The van der Waals surface area contributed by atoms with Crippen LogP contribution in [0.5, 0.6) is 5.75 Å². The number of hydrogen-bond donors (Lipinski definition) is 1. The van der Waals surface area contributed by atoms with Gasteiger partial charge in [0.2, 0.25) is 5.91 Å². The minimum atomic E-state index is 0. The number of para-hydroxylation sites is 1. The van der Waals surface area contributed by atoms with Gasteiger partial charge in [-0.05, 0) is 25.5 Å². The van der Waals surface area contributed by atoms with Crippen molar-refractivity contribution in [3.05, 3.63) is 35.9 Å². The molecule has 0 aliphatic carbocycles. The van der Waals surface area contributed by atoms with Crippen LogP contribution in [0.25, 0.3) is 6.08 Å². The first-order valence-corrected chi connectivity index (χ1v) is 6.65. The van der Waals surface area contributed by atoms with Crippen LogP contribution in [0.4, 0.5) is 0 Å². The van der Waals surface area contributed by atoms with E-state index in [0.717, 1.165) is 24.3 Å². The third-order valence-electron chi connectivity index (χ3n) is 3.16. The van der Waals surface area contributed by atoms with Crippen LogP contribution in [0.2, 0.25) is 0 Å². The van der Waals surface area contributed by atoms with Crippen molar-refractivity contribution in [2.45, 2.75) is 19.4 Å². The Morgan fingerprint density at radius 3 is 2.90 bits per heavy atom. The molecule has 0 spiro atoms. The summed E-state index contributed by atoms with van der Waals surface area (Å²) in [5.74, 6) is 0.812. The molecule has 1 heterocycles. The Labute approximate surface area is 126 Å². The maximum Gasteiger partial charge on any atom is 0.246 e. The van der Waals surface area contributed by atoms with Gasteiger partial charge in [-0.2, -0.15) is 0 Å². The Hall–Kier alpha value is -1.52. The van der Waals surface area contributed by atoms with Crippen molar-refractivity contribution >= 4 is 24.4 Å². The Morgan fingerprint density at radius 2 is 2.25 bits per heavy atom. The maximum absolute atomic E-state index is 12.0. The molecule has 110 valence electrons. The Morgan fingerprint density at radius 1 is 1.50 bits per heavy atom. The quantitative estimate of drug-likeness (QED) is 0.866. The summed E-state index contributed by atoms with van der Waals surface area (Å²) in [6.07, 6.45) is 4.28. The molecule has 1 aromatic rings. The number of halogens is 1. The second-order valence-corrected chi connectivity index (χ2v) is 4.64. The molecule has 0 aromatic heterocycles. The molecule has 1 amide bonds. The highest BCUT2D eigenvalue weighted by molar-refractivity contribution is 5.92. The summed E-state index contributed by atoms with van der Waals surface area (Å²) in [5.41, 5.74) is 6.71. The van der Waals surface area contributed by atoms with E-state index < -0.39 is 0 Å². The number of ether oxygens (including phenoxy) is 1. The van der Waals surface area contributed by atoms with Crippen LogP contribution in [-0.2, 0) is 4.79 Å². The van der Waals surface area contributed by atoms with Crippen LogP contribution < -0.4 is 10.5 Å². The highest BCUT2D eigenvalue weighted by Crippen LogP contribution is 2.19. The van der Waals surface area contributed by atoms with Gasteiger partial charge in [0.15, 0.2) is 0 Å². The molecule has 1 atom stereocenters. The number of amides is 1. The van der Waals surface area contributed by atoms with Crippen LogP contribution in [0, 0.1) is 0 Å². The summed E-state index contributed by atoms with van der Waals surface area (Å²) in [6, 6.07) is 7.81. The Kier molecular flexibility index (Phi) is 6.55. The highest BCUT2D eigenvalue weighted by atomic mass is 35.5. The lowest BCUT2D eigenvalue weighted by Gasteiger charge is -2.13. The monoisotopic (exact) mass is 296 g/mol. The molecule has 0 unspecified atom stereocenters. The Balaban J connectivity index is 0.00000200. The van der Waals surface area contributed by atoms with Crippen molar-refractivity contribution in [3.8, 4) is 5.75 Å². The van der Waals surface area contributed by atoms with Crippen molar-refractivity contribution in [1.29, 1.82) is 0 Å². The fourth-order valence-electron chi connectivity index (χ4n) is 2.16. The number of benzene rings is 1. The number of rotatable bonds is 4. The van der Waals surface area contributed by atoms with E-state index in [0.29, 0.717) is 13.2 Å². The highest BCUT2D eigenvalue weighted by Gasteiger charge is 2.21. The van der Waals surface area contributed by atoms with Gasteiger partial charge in [0.25, 0.3) is 0 Å². The van der Waals surface area contributed by atoms with E-state index in [1.54, 1.807) is 17.1 Å². The van der Waals surface area contributed by atoms with E-state index in [2.05, 4.69) is 0 Å². The fourth-order valence-corrected chi connectivity index (χ4v) is 2.16. The summed E-state index contributed by atoms with van der Waals surface area (Å²) < 4.78 is 5.52. The van der Waals surface area contributed by atoms with Crippen LogP contribution in [0.1, 0.15) is 18.9 Å². The average molecular weight is 297 g/mol. The molecular formula is C15H21ClN2O2. The number of nitrogens with two attached hydrogens (primary N) is 1. The second kappa shape index (κ2) is 7.92. The van der Waals surface area contributed by atoms with Crippen LogP contribution in [-0.4, -0.2) is 36.5 Å². The first kappa shape index (κ1) is 16.5. The van der Waals surface area contributed by atoms with Gasteiger partial charge in [-0.1, -0.05) is 18.2 Å². The second-order valence-electron chi connectivity index (χ2n) is 4.64. The molecule has 0 radical (unpaired) electrons. The van der Waals surface area contributed by atoms with E-state index >= 15 is 0 Å². The molecule has 1 aromatic carbocycles. The molecule has 5 heteroatoms. The van der Waals surface area contributed by atoms with Crippen molar-refractivity contribution in [2.75, 3.05) is 19.7 Å². The fraction of sp³-hybridized carbons (Fsp3) is 0.400. The number of carbonyl (C=O) groups is 1. The van der Waals surface area contributed by atoms with E-state index in [1.807, 2.05) is 31.2 Å². The molecule has 1 fully saturated rings. The zero-order valence-electron chi connectivity index (χ0n) is 11.6. The van der Waals surface area contributed by atoms with Gasteiger partial charge in [-0.25, -0.2) is 0 Å². The smallest absolute Gasteiger partial charge is 0.246 e. The normalized spacial score (nSPS) is 18.1. The molecule has 2 rings (SSSR count). The minimum absolute atomic E-state index is 0. The molecule has 0 bridgehead atoms. The number of carbonyl (C=O) groups excluding carboxylic acids is 1. The van der Waals surface area contributed by atoms with Crippen LogP contribution in [0.15, 0.2) is 30.3 Å². The lowest BCUT2D eigenvalue weighted by atomic mass is 10.2. The van der Waals surface area contributed by atoms with Crippen molar-refractivity contribution < 1.29 is 9.53 Å². The van der Waals surface area contributed by atoms with Crippen LogP contribution >= 0.6 is 12.4 Å². The van der Waals surface area contributed by atoms with Gasteiger partial charge < -0.3 is 15.4 Å². The first-order chi connectivity index (χ1) is 9.20. The molecule has 1 saturated heterocycles. The lowest BCUT2D eigenvalue weighted by Crippen LogP contribution is -2.30. The predicted molar refractivity (Wildman–Crippen MR) is 83.1 cm³/mol. The topological polar surface area (TPSA) is 55.6 Å². The summed E-state index contributed by atoms with van der Waals surface area (Å²) in [4.78, 5) is 13.8. The molecule has 2 N–H and O–H groups in total. The van der Waals surface area contributed by atoms with Gasteiger partial charge in [0.05, 0.1) is 6.61 Å². The standard InChI is InChI=1S/C15H20N2O2.ClH/c1-2-19-14-6-4-3-5-12(14)7-8-15(18)17-10-9-13(16)11-17;/h3-8,13H,2,9-11,16H2,1H3;1H/t13-;/m0./s1. The summed E-state index contributed by atoms with van der Waals surface area (Å²) in [6.45, 7) is 3.95. The minimum Gasteiger partial charge on any atom is -0.493 e. The summed E-state index contributed by atoms with van der Waals surface area (Å²) in [7, 11) is 0. The van der Waals surface area contributed by atoms with Gasteiger partial charge in [0, 0.05) is 30.8 Å². The summed E-state index contributed by atoms with van der Waals surface area (Å²) >= 11 is 0. The predicted octanol–water partition coefficient (Wildman–Crippen LogP) is 2.08. The van der Waals surface area contributed by atoms with Crippen molar-refractivity contribution in [1.82, 2.24) is 4.90 Å². The molecule has 1 aliphatic rings. The molecule has 4 nitrogen and oxygen atoms in total. The van der Waals surface area contributed by atoms with Gasteiger partial charge in [-0.15, -0.1) is 12.4 Å². The number of likely N-dealkylation sites (tertiary alicyclic amines) is 1. The first-order valence-electron chi connectivity index (χ1n) is 6.65. The molecule has 20 heavy (non-hydrogen) atoms. The van der Waals surface area contributed by atoms with Crippen LogP contribution in [0.3, 0.4) is 0 Å². The van der Waals surface area contributed by atoms with Crippen molar-refractivity contribution in [2.24, 2.45) is 5.73 Å². The van der Waals surface area contributed by atoms with Gasteiger partial charge in [-0.3, -0.25) is 4.79 Å². The zero-order chi connectivity index (χ0) is 13.7. The Bertz CT molecular complexity index is 477. The summed E-state index contributed by atoms with van der Waals surface area (Å²) in [5, 5.41) is 0. The van der Waals surface area contributed by atoms with Crippen molar-refractivity contribution in [3.63, 3.8) is 0 Å². The van der Waals surface area contributed by atoms with Gasteiger partial charge in [0.1, 0.15) is 5.75 Å². The SMILES string of the molecule is CCOc1ccccc1C=CC(=O)N1CC[C@H](N)C1.Cl. The zero-order valence-corrected chi connectivity index (χ0v) is 12.4. The third-order valence-corrected chi connectivity index (χ3v) is 3.16. The number of nitrogens with zero attached hydrogens (tertiary/aromatic N) is 1. The molecule has 1 aliphatic heterocycles. The lowest BCUT2D eigenvalue weighted by molar-refractivity contribution is -0.124. The largest absolute Gasteiger partial charge is 0.493 e. The van der Waals surface area contributed by atoms with E-state index in [-0.39, 0.29) is 24.4 Å². The number of hydrogen-bond acceptors (Lipinski definition) is 3. The maximum atomic E-state index is 12.0. The van der Waals surface area contributed by atoms with Gasteiger partial charge >= 0.3 is 0 Å². The molecule has 0 saturated carbocycles. The van der Waals surface area contributed by atoms with E-state index in [9.17, 15) is 4.79 Å². The van der Waals surface area contributed by atoms with E-state index in [1.165, 1.54) is 0 Å². The third kappa shape index (κ3) is 4.25.